The fourth-order valence-corrected chi connectivity index (χ4v) is 3.79. The first-order valence-corrected chi connectivity index (χ1v) is 9.89. The Morgan fingerprint density at radius 1 is 1.38 bits per heavy atom. The summed E-state index contributed by atoms with van der Waals surface area (Å²) < 4.78 is 7.83. The fourth-order valence-electron chi connectivity index (χ4n) is 3.00. The monoisotopic (exact) mass is 353 g/mol. The van der Waals surface area contributed by atoms with Crippen molar-refractivity contribution >= 4 is 17.7 Å². The summed E-state index contributed by atoms with van der Waals surface area (Å²) in [5, 5.41) is 11.4. The van der Waals surface area contributed by atoms with Gasteiger partial charge in [-0.3, -0.25) is 9.67 Å². The van der Waals surface area contributed by atoms with Gasteiger partial charge in [-0.2, -0.15) is 16.9 Å². The third-order valence-corrected chi connectivity index (χ3v) is 6.00. The molecule has 0 spiro atoms. The average Bonchev–Trinajstić information content (AvgIpc) is 2.92. The number of rotatable bonds is 7. The van der Waals surface area contributed by atoms with E-state index >= 15 is 0 Å². The van der Waals surface area contributed by atoms with Crippen molar-refractivity contribution in [3.63, 3.8) is 0 Å². The number of aryl methyl sites for hydroxylation is 3. The van der Waals surface area contributed by atoms with Crippen molar-refractivity contribution in [2.24, 2.45) is 4.99 Å². The largest absolute Gasteiger partial charge is 0.381 e. The van der Waals surface area contributed by atoms with E-state index in [-0.39, 0.29) is 4.75 Å². The van der Waals surface area contributed by atoms with Crippen LogP contribution in [-0.4, -0.2) is 60.1 Å². The Morgan fingerprint density at radius 3 is 2.71 bits per heavy atom. The van der Waals surface area contributed by atoms with Crippen LogP contribution in [0.25, 0.3) is 0 Å². The van der Waals surface area contributed by atoms with E-state index in [0.29, 0.717) is 0 Å². The van der Waals surface area contributed by atoms with Gasteiger partial charge in [0.1, 0.15) is 0 Å². The van der Waals surface area contributed by atoms with Crippen molar-refractivity contribution < 1.29 is 4.74 Å². The zero-order valence-corrected chi connectivity index (χ0v) is 16.2. The Balaban J connectivity index is 1.71. The number of thioether (sulfide) groups is 1. The Hall–Kier alpha value is -1.21. The molecular weight excluding hydrogens is 322 g/mol. The van der Waals surface area contributed by atoms with Gasteiger partial charge in [0.25, 0.3) is 0 Å². The molecule has 7 heteroatoms. The number of hydrogen-bond donors (Lipinski definition) is 2. The van der Waals surface area contributed by atoms with Crippen LogP contribution in [-0.2, 0) is 11.3 Å². The lowest BCUT2D eigenvalue weighted by atomic mass is 9.99. The van der Waals surface area contributed by atoms with Crippen molar-refractivity contribution in [1.82, 2.24) is 20.4 Å². The lowest BCUT2D eigenvalue weighted by molar-refractivity contribution is 0.0783. The average molecular weight is 354 g/mol. The first-order chi connectivity index (χ1) is 11.6. The number of hydrogen-bond acceptors (Lipinski definition) is 4. The van der Waals surface area contributed by atoms with Crippen LogP contribution in [0.5, 0.6) is 0 Å². The van der Waals surface area contributed by atoms with Crippen LogP contribution in [0.2, 0.25) is 0 Å². The third kappa shape index (κ3) is 5.41. The van der Waals surface area contributed by atoms with Crippen LogP contribution in [0.4, 0.5) is 0 Å². The molecule has 0 amide bonds. The first kappa shape index (κ1) is 19.1. The van der Waals surface area contributed by atoms with Gasteiger partial charge in [-0.25, -0.2) is 0 Å². The molecule has 2 N–H and O–H groups in total. The minimum Gasteiger partial charge on any atom is -0.381 e. The molecule has 1 aliphatic rings. The highest BCUT2D eigenvalue weighted by Gasteiger charge is 2.31. The maximum Gasteiger partial charge on any atom is 0.191 e. The second-order valence-electron chi connectivity index (χ2n) is 6.36. The summed E-state index contributed by atoms with van der Waals surface area (Å²) >= 11 is 1.94. The molecule has 0 atom stereocenters. The van der Waals surface area contributed by atoms with Crippen molar-refractivity contribution in [2.45, 2.75) is 44.4 Å². The van der Waals surface area contributed by atoms with E-state index in [1.807, 2.05) is 25.7 Å². The predicted molar refractivity (Wildman–Crippen MR) is 102 cm³/mol. The maximum absolute atomic E-state index is 5.50. The molecule has 0 aromatic carbocycles. The molecule has 0 aliphatic carbocycles. The Morgan fingerprint density at radius 2 is 2.12 bits per heavy atom. The summed E-state index contributed by atoms with van der Waals surface area (Å²) in [4.78, 5) is 4.34. The summed E-state index contributed by atoms with van der Waals surface area (Å²) in [5.41, 5.74) is 2.30. The van der Waals surface area contributed by atoms with Crippen LogP contribution >= 0.6 is 11.8 Å². The van der Waals surface area contributed by atoms with Crippen LogP contribution in [0.3, 0.4) is 0 Å². The Bertz CT molecular complexity index is 537. The molecule has 136 valence electrons. The molecule has 1 aromatic rings. The van der Waals surface area contributed by atoms with E-state index in [1.54, 1.807) is 0 Å². The summed E-state index contributed by atoms with van der Waals surface area (Å²) in [6, 6.07) is 2.11. The van der Waals surface area contributed by atoms with E-state index in [2.05, 4.69) is 44.7 Å². The quantitative estimate of drug-likeness (QED) is 0.446. The van der Waals surface area contributed by atoms with Gasteiger partial charge in [-0.1, -0.05) is 0 Å². The Labute approximate surface area is 149 Å². The van der Waals surface area contributed by atoms with E-state index in [1.165, 1.54) is 5.69 Å². The Kier molecular flexibility index (Phi) is 7.42. The second-order valence-corrected chi connectivity index (χ2v) is 7.63. The number of nitrogens with zero attached hydrogens (tertiary/aromatic N) is 3. The molecule has 1 saturated heterocycles. The molecule has 24 heavy (non-hydrogen) atoms. The second kappa shape index (κ2) is 9.32. The number of aliphatic imine (C=N–C) groups is 1. The van der Waals surface area contributed by atoms with Gasteiger partial charge in [0, 0.05) is 50.3 Å². The van der Waals surface area contributed by atoms with Crippen LogP contribution in [0, 0.1) is 13.8 Å². The van der Waals surface area contributed by atoms with E-state index < -0.39 is 0 Å². The smallest absolute Gasteiger partial charge is 0.191 e. The lowest BCUT2D eigenvalue weighted by Gasteiger charge is -2.36. The molecule has 2 heterocycles. The maximum atomic E-state index is 5.50. The predicted octanol–water partition coefficient (Wildman–Crippen LogP) is 1.97. The van der Waals surface area contributed by atoms with E-state index in [0.717, 1.165) is 63.8 Å². The van der Waals surface area contributed by atoms with E-state index in [4.69, 9.17) is 4.74 Å². The van der Waals surface area contributed by atoms with Crippen molar-refractivity contribution in [1.29, 1.82) is 0 Å². The molecule has 0 radical (unpaired) electrons. The number of aromatic nitrogens is 2. The summed E-state index contributed by atoms with van der Waals surface area (Å²) in [6.07, 6.45) is 5.40. The van der Waals surface area contributed by atoms with Crippen LogP contribution < -0.4 is 10.6 Å². The van der Waals surface area contributed by atoms with Crippen molar-refractivity contribution in [3.05, 3.63) is 17.5 Å². The van der Waals surface area contributed by atoms with Crippen molar-refractivity contribution in [2.75, 3.05) is 39.6 Å². The molecule has 1 aliphatic heterocycles. The minimum absolute atomic E-state index is 0.263. The zero-order valence-electron chi connectivity index (χ0n) is 15.4. The van der Waals surface area contributed by atoms with Gasteiger partial charge in [0.15, 0.2) is 5.96 Å². The van der Waals surface area contributed by atoms with Gasteiger partial charge in [0.2, 0.25) is 0 Å². The molecule has 6 nitrogen and oxygen atoms in total. The minimum atomic E-state index is 0.263. The molecule has 0 saturated carbocycles. The highest BCUT2D eigenvalue weighted by Crippen LogP contribution is 2.32. The number of nitrogens with one attached hydrogen (secondary N) is 2. The highest BCUT2D eigenvalue weighted by atomic mass is 32.2. The summed E-state index contributed by atoms with van der Waals surface area (Å²) in [5.74, 6) is 0.878. The molecule has 2 rings (SSSR count). The summed E-state index contributed by atoms with van der Waals surface area (Å²) in [7, 11) is 1.83. The van der Waals surface area contributed by atoms with Gasteiger partial charge >= 0.3 is 0 Å². The van der Waals surface area contributed by atoms with Gasteiger partial charge in [0.05, 0.1) is 5.69 Å². The summed E-state index contributed by atoms with van der Waals surface area (Å²) in [6.45, 7) is 8.58. The number of ether oxygens (including phenoxy) is 1. The molecule has 1 fully saturated rings. The SMILES string of the molecule is CN=C(NCCCn1nc(C)cc1C)NCC1(SC)CCOCC1. The zero-order chi connectivity index (χ0) is 17.4. The topological polar surface area (TPSA) is 63.5 Å². The fraction of sp³-hybridized carbons (Fsp3) is 0.765. The van der Waals surface area contributed by atoms with Crippen LogP contribution in [0.15, 0.2) is 11.1 Å². The standard InChI is InChI=1S/C17H31N5OS/c1-14-12-15(2)22(21-14)9-5-8-19-16(18-3)20-13-17(24-4)6-10-23-11-7-17/h12H,5-11,13H2,1-4H3,(H2,18,19,20). The van der Waals surface area contributed by atoms with Gasteiger partial charge in [-0.05, 0) is 45.4 Å². The van der Waals surface area contributed by atoms with Gasteiger partial charge < -0.3 is 15.4 Å². The van der Waals surface area contributed by atoms with E-state index in [9.17, 15) is 0 Å². The number of guanidine groups is 1. The van der Waals surface area contributed by atoms with Crippen molar-refractivity contribution in [3.8, 4) is 0 Å². The molecular formula is C17H31N5OS. The van der Waals surface area contributed by atoms with Gasteiger partial charge in [-0.15, -0.1) is 0 Å². The highest BCUT2D eigenvalue weighted by molar-refractivity contribution is 8.00. The molecule has 0 bridgehead atoms. The normalized spacial score (nSPS) is 17.8. The molecule has 1 aromatic heterocycles. The molecule has 0 unspecified atom stereocenters. The van der Waals surface area contributed by atoms with Crippen LogP contribution in [0.1, 0.15) is 30.7 Å². The third-order valence-electron chi connectivity index (χ3n) is 4.58. The lowest BCUT2D eigenvalue weighted by Crippen LogP contribution is -2.48. The first-order valence-electron chi connectivity index (χ1n) is 8.67.